The van der Waals surface area contributed by atoms with Crippen molar-refractivity contribution in [1.82, 2.24) is 4.98 Å². The third-order valence-corrected chi connectivity index (χ3v) is 1.78. The second kappa shape index (κ2) is 4.28. The first-order valence-electron chi connectivity index (χ1n) is 3.89. The highest BCUT2D eigenvalue weighted by Gasteiger charge is 1.99. The molecule has 0 saturated carbocycles. The predicted molar refractivity (Wildman–Crippen MR) is 59.9 cm³/mol. The van der Waals surface area contributed by atoms with Crippen LogP contribution in [0.4, 0.5) is 11.5 Å². The fourth-order valence-corrected chi connectivity index (χ4v) is 1.06. The van der Waals surface area contributed by atoms with Crippen molar-refractivity contribution in [3.63, 3.8) is 0 Å². The molecule has 0 amide bonds. The molecule has 1 heterocycles. The van der Waals surface area contributed by atoms with E-state index in [0.717, 1.165) is 10.0 Å². The molecule has 0 atom stereocenters. The molecule has 13 heavy (non-hydrogen) atoms. The van der Waals surface area contributed by atoms with E-state index in [-0.39, 0.29) is 0 Å². The van der Waals surface area contributed by atoms with Crippen molar-refractivity contribution in [3.8, 4) is 0 Å². The molecule has 0 bridgehead atoms. The SMILES string of the molecule is C=C(Br)CNc1ncc(C)cc1N. The topological polar surface area (TPSA) is 50.9 Å². The summed E-state index contributed by atoms with van der Waals surface area (Å²) < 4.78 is 0.870. The van der Waals surface area contributed by atoms with Crippen LogP contribution in [0.1, 0.15) is 5.56 Å². The summed E-state index contributed by atoms with van der Waals surface area (Å²) >= 11 is 3.25. The van der Waals surface area contributed by atoms with E-state index in [2.05, 4.69) is 32.8 Å². The van der Waals surface area contributed by atoms with Crippen LogP contribution in [0.3, 0.4) is 0 Å². The minimum atomic E-state index is 0.625. The van der Waals surface area contributed by atoms with Gasteiger partial charge < -0.3 is 11.1 Å². The van der Waals surface area contributed by atoms with Crippen LogP contribution in [0.25, 0.3) is 0 Å². The second-order valence-electron chi connectivity index (χ2n) is 2.82. The highest BCUT2D eigenvalue weighted by Crippen LogP contribution is 2.16. The number of hydrogen-bond acceptors (Lipinski definition) is 3. The average Bonchev–Trinajstić information content (AvgIpc) is 2.02. The van der Waals surface area contributed by atoms with Crippen molar-refractivity contribution >= 4 is 27.4 Å². The van der Waals surface area contributed by atoms with Crippen molar-refractivity contribution in [3.05, 3.63) is 28.9 Å². The van der Waals surface area contributed by atoms with Gasteiger partial charge in [-0.1, -0.05) is 22.5 Å². The van der Waals surface area contributed by atoms with E-state index in [0.29, 0.717) is 18.1 Å². The zero-order valence-electron chi connectivity index (χ0n) is 7.47. The first-order chi connectivity index (χ1) is 6.09. The summed E-state index contributed by atoms with van der Waals surface area (Å²) in [5.74, 6) is 0.700. The summed E-state index contributed by atoms with van der Waals surface area (Å²) in [6.07, 6.45) is 1.77. The number of nitrogens with one attached hydrogen (secondary N) is 1. The van der Waals surface area contributed by atoms with E-state index >= 15 is 0 Å². The van der Waals surface area contributed by atoms with Crippen LogP contribution in [0.5, 0.6) is 0 Å². The third kappa shape index (κ3) is 3.06. The van der Waals surface area contributed by atoms with Gasteiger partial charge in [0.2, 0.25) is 0 Å². The Morgan fingerprint density at radius 2 is 2.46 bits per heavy atom. The average molecular weight is 242 g/mol. The first-order valence-corrected chi connectivity index (χ1v) is 4.68. The van der Waals surface area contributed by atoms with Gasteiger partial charge >= 0.3 is 0 Å². The molecular weight excluding hydrogens is 230 g/mol. The molecule has 0 spiro atoms. The Hall–Kier alpha value is -1.03. The predicted octanol–water partition coefficient (Wildman–Crippen LogP) is 2.29. The van der Waals surface area contributed by atoms with Crippen molar-refractivity contribution in [2.45, 2.75) is 6.92 Å². The number of aryl methyl sites for hydroxylation is 1. The molecule has 4 heteroatoms. The fourth-order valence-electron chi connectivity index (χ4n) is 0.919. The van der Waals surface area contributed by atoms with E-state index in [4.69, 9.17) is 5.73 Å². The van der Waals surface area contributed by atoms with Gasteiger partial charge in [0.1, 0.15) is 5.82 Å². The van der Waals surface area contributed by atoms with Crippen LogP contribution in [-0.4, -0.2) is 11.5 Å². The molecule has 0 aliphatic heterocycles. The quantitative estimate of drug-likeness (QED) is 0.854. The molecule has 1 rings (SSSR count). The van der Waals surface area contributed by atoms with Gasteiger partial charge in [0.25, 0.3) is 0 Å². The molecule has 0 aromatic carbocycles. The van der Waals surface area contributed by atoms with Crippen LogP contribution >= 0.6 is 15.9 Å². The van der Waals surface area contributed by atoms with E-state index in [1.807, 2.05) is 13.0 Å². The van der Waals surface area contributed by atoms with Crippen molar-refractivity contribution in [2.75, 3.05) is 17.6 Å². The maximum absolute atomic E-state index is 5.74. The van der Waals surface area contributed by atoms with Gasteiger partial charge in [0, 0.05) is 17.2 Å². The molecule has 0 aliphatic rings. The van der Waals surface area contributed by atoms with Crippen LogP contribution in [0.15, 0.2) is 23.3 Å². The Balaban J connectivity index is 2.72. The molecule has 0 fully saturated rings. The van der Waals surface area contributed by atoms with Crippen LogP contribution < -0.4 is 11.1 Å². The van der Waals surface area contributed by atoms with Crippen LogP contribution in [0.2, 0.25) is 0 Å². The Kier molecular flexibility index (Phi) is 3.31. The van der Waals surface area contributed by atoms with Gasteiger partial charge in [0.05, 0.1) is 5.69 Å². The number of halogens is 1. The molecule has 1 aromatic rings. The minimum Gasteiger partial charge on any atom is -0.396 e. The molecule has 3 nitrogen and oxygen atoms in total. The number of nitrogens with zero attached hydrogens (tertiary/aromatic N) is 1. The van der Waals surface area contributed by atoms with E-state index in [9.17, 15) is 0 Å². The summed E-state index contributed by atoms with van der Waals surface area (Å²) in [4.78, 5) is 4.15. The number of pyridine rings is 1. The summed E-state index contributed by atoms with van der Waals surface area (Å²) in [7, 11) is 0. The van der Waals surface area contributed by atoms with Crippen LogP contribution in [0, 0.1) is 6.92 Å². The minimum absolute atomic E-state index is 0.625. The molecule has 0 saturated heterocycles. The Morgan fingerprint density at radius 1 is 1.77 bits per heavy atom. The lowest BCUT2D eigenvalue weighted by molar-refractivity contribution is 1.20. The van der Waals surface area contributed by atoms with Crippen molar-refractivity contribution in [2.24, 2.45) is 0 Å². The molecule has 0 aliphatic carbocycles. The third-order valence-electron chi connectivity index (χ3n) is 1.50. The van der Waals surface area contributed by atoms with Gasteiger partial charge in [-0.2, -0.15) is 0 Å². The number of nitrogen functional groups attached to an aromatic ring is 1. The molecule has 3 N–H and O–H groups in total. The normalized spacial score (nSPS) is 9.69. The summed E-state index contributed by atoms with van der Waals surface area (Å²) in [5, 5.41) is 3.06. The number of rotatable bonds is 3. The lowest BCUT2D eigenvalue weighted by atomic mass is 10.3. The fraction of sp³-hybridized carbons (Fsp3) is 0.222. The molecule has 1 aromatic heterocycles. The van der Waals surface area contributed by atoms with E-state index in [1.54, 1.807) is 6.20 Å². The summed E-state index contributed by atoms with van der Waals surface area (Å²) in [5.41, 5.74) is 7.45. The Morgan fingerprint density at radius 3 is 3.00 bits per heavy atom. The van der Waals surface area contributed by atoms with Crippen LogP contribution in [-0.2, 0) is 0 Å². The Labute approximate surface area is 86.2 Å². The molecular formula is C9H12BrN3. The molecule has 70 valence electrons. The van der Waals surface area contributed by atoms with Gasteiger partial charge in [-0.05, 0) is 18.6 Å². The van der Waals surface area contributed by atoms with Gasteiger partial charge in [-0.15, -0.1) is 0 Å². The van der Waals surface area contributed by atoms with Crippen molar-refractivity contribution in [1.29, 1.82) is 0 Å². The second-order valence-corrected chi connectivity index (χ2v) is 3.94. The number of aromatic nitrogens is 1. The van der Waals surface area contributed by atoms with Gasteiger partial charge in [-0.25, -0.2) is 4.98 Å². The maximum atomic E-state index is 5.74. The zero-order chi connectivity index (χ0) is 9.84. The molecule has 0 unspecified atom stereocenters. The number of anilines is 2. The molecule has 0 radical (unpaired) electrons. The van der Waals surface area contributed by atoms with Gasteiger partial charge in [0.15, 0.2) is 0 Å². The Bertz CT molecular complexity index is 323. The highest BCUT2D eigenvalue weighted by molar-refractivity contribution is 9.11. The lowest BCUT2D eigenvalue weighted by Crippen LogP contribution is -2.05. The van der Waals surface area contributed by atoms with E-state index in [1.165, 1.54) is 0 Å². The highest BCUT2D eigenvalue weighted by atomic mass is 79.9. The smallest absolute Gasteiger partial charge is 0.149 e. The lowest BCUT2D eigenvalue weighted by Gasteiger charge is -2.07. The monoisotopic (exact) mass is 241 g/mol. The summed E-state index contributed by atoms with van der Waals surface area (Å²) in [6, 6.07) is 1.88. The maximum Gasteiger partial charge on any atom is 0.149 e. The standard InChI is InChI=1S/C9H12BrN3/c1-6-3-8(11)9(12-4-6)13-5-7(2)10/h3-4H,2,5,11H2,1H3,(H,12,13). The van der Waals surface area contributed by atoms with Gasteiger partial charge in [-0.3, -0.25) is 0 Å². The zero-order valence-corrected chi connectivity index (χ0v) is 9.06. The first kappa shape index (κ1) is 10.1. The van der Waals surface area contributed by atoms with Crippen molar-refractivity contribution < 1.29 is 0 Å². The van der Waals surface area contributed by atoms with E-state index < -0.39 is 0 Å². The largest absolute Gasteiger partial charge is 0.396 e. The summed E-state index contributed by atoms with van der Waals surface area (Å²) in [6.45, 7) is 6.28. The number of hydrogen-bond donors (Lipinski definition) is 2. The number of nitrogens with two attached hydrogens (primary N) is 1.